The van der Waals surface area contributed by atoms with Crippen LogP contribution in [0.5, 0.6) is 0 Å². The van der Waals surface area contributed by atoms with E-state index >= 15 is 0 Å². The molecule has 0 spiro atoms. The van der Waals surface area contributed by atoms with Crippen molar-refractivity contribution >= 4 is 28.9 Å². The Hall–Kier alpha value is -2.28. The van der Waals surface area contributed by atoms with E-state index in [1.54, 1.807) is 5.38 Å². The monoisotopic (exact) mass is 280 g/mol. The molecule has 0 unspecified atom stereocenters. The number of aromatic nitrogens is 1. The number of rotatable bonds is 3. The van der Waals surface area contributed by atoms with Gasteiger partial charge < -0.3 is 10.1 Å². The first kappa shape index (κ1) is 13.2. The van der Waals surface area contributed by atoms with Crippen LogP contribution >= 0.6 is 11.3 Å². The number of amides is 1. The summed E-state index contributed by atoms with van der Waals surface area (Å²) in [6.45, 7) is 0. The zero-order valence-corrected chi connectivity index (χ0v) is 10.7. The van der Waals surface area contributed by atoms with E-state index in [4.69, 9.17) is 0 Å². The highest BCUT2D eigenvalue weighted by Crippen LogP contribution is 2.16. The third kappa shape index (κ3) is 2.94. The first-order valence-corrected chi connectivity index (χ1v) is 6.13. The van der Waals surface area contributed by atoms with Gasteiger partial charge in [-0.2, -0.15) is 0 Å². The number of nitrogens with one attached hydrogen (secondary N) is 1. The molecule has 0 radical (unpaired) electrons. The molecule has 0 saturated carbocycles. The third-order valence-corrected chi connectivity index (χ3v) is 2.88. The first-order valence-electron chi connectivity index (χ1n) is 5.19. The minimum atomic E-state index is -0.803. The van der Waals surface area contributed by atoms with E-state index in [2.05, 4.69) is 15.0 Å². The molecule has 1 aromatic carbocycles. The van der Waals surface area contributed by atoms with E-state index in [1.165, 1.54) is 29.0 Å². The molecule has 0 atom stereocenters. The number of nitrogens with zero attached hydrogens (tertiary/aromatic N) is 1. The molecule has 2 aromatic rings. The van der Waals surface area contributed by atoms with Gasteiger partial charge in [0.15, 0.2) is 0 Å². The molecule has 5 nitrogen and oxygen atoms in total. The summed E-state index contributed by atoms with van der Waals surface area (Å²) in [4.78, 5) is 26.9. The fraction of sp³-hybridized carbons (Fsp3) is 0.0833. The van der Waals surface area contributed by atoms with Gasteiger partial charge in [0.25, 0.3) is 5.91 Å². The first-order chi connectivity index (χ1) is 9.11. The van der Waals surface area contributed by atoms with Crippen molar-refractivity contribution in [2.24, 2.45) is 0 Å². The molecular formula is C12H9FN2O3S. The van der Waals surface area contributed by atoms with Gasteiger partial charge in [0.2, 0.25) is 0 Å². The number of esters is 1. The second-order valence-corrected chi connectivity index (χ2v) is 4.23. The van der Waals surface area contributed by atoms with Crippen LogP contribution in [0.2, 0.25) is 0 Å². The maximum atomic E-state index is 13.4. The van der Waals surface area contributed by atoms with Crippen LogP contribution in [0.15, 0.2) is 29.1 Å². The maximum absolute atomic E-state index is 13.4. The molecule has 1 amide bonds. The molecule has 0 aliphatic rings. The fourth-order valence-corrected chi connectivity index (χ4v) is 1.92. The van der Waals surface area contributed by atoms with Crippen LogP contribution in [0.1, 0.15) is 20.8 Å². The molecule has 98 valence electrons. The van der Waals surface area contributed by atoms with Gasteiger partial charge >= 0.3 is 5.97 Å². The molecule has 0 aliphatic carbocycles. The lowest BCUT2D eigenvalue weighted by Crippen LogP contribution is -2.13. The van der Waals surface area contributed by atoms with Crippen LogP contribution < -0.4 is 5.32 Å². The van der Waals surface area contributed by atoms with E-state index < -0.39 is 17.7 Å². The number of hydrogen-bond donors (Lipinski definition) is 1. The molecule has 0 fully saturated rings. The summed E-state index contributed by atoms with van der Waals surface area (Å²) in [5.74, 6) is -1.94. The van der Waals surface area contributed by atoms with E-state index in [9.17, 15) is 14.0 Å². The molecule has 1 heterocycles. The summed E-state index contributed by atoms with van der Waals surface area (Å²) in [5, 5.41) is 4.11. The van der Waals surface area contributed by atoms with Gasteiger partial charge in [0.05, 0.1) is 18.2 Å². The molecule has 7 heteroatoms. The smallest absolute Gasteiger partial charge is 0.340 e. The molecule has 0 aliphatic heterocycles. The van der Waals surface area contributed by atoms with Crippen molar-refractivity contribution in [2.75, 3.05) is 12.4 Å². The average Bonchev–Trinajstić information content (AvgIpc) is 2.94. The average molecular weight is 280 g/mol. The Bertz CT molecular complexity index is 613. The van der Waals surface area contributed by atoms with E-state index in [0.717, 1.165) is 13.2 Å². The van der Waals surface area contributed by atoms with Gasteiger partial charge in [0, 0.05) is 11.1 Å². The summed E-state index contributed by atoms with van der Waals surface area (Å²) in [5.41, 5.74) is 1.84. The number of methoxy groups -OCH3 is 1. The van der Waals surface area contributed by atoms with Gasteiger partial charge in [-0.05, 0) is 18.2 Å². The van der Waals surface area contributed by atoms with E-state index in [1.807, 2.05) is 0 Å². The number of thiazole rings is 1. The predicted octanol–water partition coefficient (Wildman–Crippen LogP) is 2.32. The number of carbonyl (C=O) groups is 2. The summed E-state index contributed by atoms with van der Waals surface area (Å²) >= 11 is 1.29. The van der Waals surface area contributed by atoms with Crippen molar-refractivity contribution in [3.8, 4) is 0 Å². The van der Waals surface area contributed by atoms with Crippen LogP contribution in [0, 0.1) is 5.82 Å². The van der Waals surface area contributed by atoms with Crippen molar-refractivity contribution in [3.63, 3.8) is 0 Å². The number of benzene rings is 1. The second-order valence-electron chi connectivity index (χ2n) is 3.51. The Morgan fingerprint density at radius 2 is 2.21 bits per heavy atom. The van der Waals surface area contributed by atoms with Gasteiger partial charge in [-0.15, -0.1) is 11.3 Å². The standard InChI is InChI=1S/C12H9FN2O3S/c1-18-12(17)8-4-7(2-3-9(8)13)15-11(16)10-5-19-6-14-10/h2-6H,1H3,(H,15,16). The highest BCUT2D eigenvalue weighted by atomic mass is 32.1. The molecular weight excluding hydrogens is 271 g/mol. The SMILES string of the molecule is COC(=O)c1cc(NC(=O)c2cscn2)ccc1F. The normalized spacial score (nSPS) is 10.0. The van der Waals surface area contributed by atoms with Crippen molar-refractivity contribution in [2.45, 2.75) is 0 Å². The van der Waals surface area contributed by atoms with Gasteiger partial charge in [-0.1, -0.05) is 0 Å². The number of hydrogen-bond acceptors (Lipinski definition) is 5. The maximum Gasteiger partial charge on any atom is 0.340 e. The molecule has 0 saturated heterocycles. The summed E-state index contributed by atoms with van der Waals surface area (Å²) in [6, 6.07) is 3.65. The quantitative estimate of drug-likeness (QED) is 0.876. The van der Waals surface area contributed by atoms with Crippen molar-refractivity contribution in [1.29, 1.82) is 0 Å². The molecule has 0 bridgehead atoms. The van der Waals surface area contributed by atoms with E-state index in [0.29, 0.717) is 5.69 Å². The Morgan fingerprint density at radius 3 is 2.84 bits per heavy atom. The lowest BCUT2D eigenvalue weighted by atomic mass is 10.2. The predicted molar refractivity (Wildman–Crippen MR) is 67.8 cm³/mol. The molecule has 1 N–H and O–H groups in total. The second kappa shape index (κ2) is 5.57. The van der Waals surface area contributed by atoms with Gasteiger partial charge in [0.1, 0.15) is 11.5 Å². The van der Waals surface area contributed by atoms with Crippen LogP contribution in [0.3, 0.4) is 0 Å². The zero-order valence-electron chi connectivity index (χ0n) is 9.84. The topological polar surface area (TPSA) is 68.3 Å². The van der Waals surface area contributed by atoms with Crippen LogP contribution in [-0.4, -0.2) is 24.0 Å². The minimum absolute atomic E-state index is 0.237. The zero-order chi connectivity index (χ0) is 13.8. The highest BCUT2D eigenvalue weighted by Gasteiger charge is 2.14. The van der Waals surface area contributed by atoms with Crippen molar-refractivity contribution < 1.29 is 18.7 Å². The lowest BCUT2D eigenvalue weighted by molar-refractivity contribution is 0.0595. The Kier molecular flexibility index (Phi) is 3.86. The van der Waals surface area contributed by atoms with Crippen LogP contribution in [0.4, 0.5) is 10.1 Å². The highest BCUT2D eigenvalue weighted by molar-refractivity contribution is 7.07. The number of halogens is 1. The van der Waals surface area contributed by atoms with Crippen LogP contribution in [-0.2, 0) is 4.74 Å². The third-order valence-electron chi connectivity index (χ3n) is 2.29. The summed E-state index contributed by atoms with van der Waals surface area (Å²) in [7, 11) is 1.16. The molecule has 19 heavy (non-hydrogen) atoms. The fourth-order valence-electron chi connectivity index (χ4n) is 1.39. The Labute approximate surface area is 112 Å². The molecule has 1 aromatic heterocycles. The summed E-state index contributed by atoms with van der Waals surface area (Å²) in [6.07, 6.45) is 0. The van der Waals surface area contributed by atoms with Gasteiger partial charge in [-0.25, -0.2) is 14.2 Å². The van der Waals surface area contributed by atoms with Crippen molar-refractivity contribution in [3.05, 3.63) is 46.2 Å². The Morgan fingerprint density at radius 1 is 1.42 bits per heavy atom. The minimum Gasteiger partial charge on any atom is -0.465 e. The summed E-state index contributed by atoms with van der Waals surface area (Å²) < 4.78 is 17.8. The van der Waals surface area contributed by atoms with E-state index in [-0.39, 0.29) is 11.3 Å². The Balaban J connectivity index is 2.22. The van der Waals surface area contributed by atoms with Crippen molar-refractivity contribution in [1.82, 2.24) is 4.98 Å². The molecule has 2 rings (SSSR count). The largest absolute Gasteiger partial charge is 0.465 e. The number of ether oxygens (including phenoxy) is 1. The van der Waals surface area contributed by atoms with Gasteiger partial charge in [-0.3, -0.25) is 4.79 Å². The lowest BCUT2D eigenvalue weighted by Gasteiger charge is -2.06. The number of carbonyl (C=O) groups excluding carboxylic acids is 2. The van der Waals surface area contributed by atoms with Crippen LogP contribution in [0.25, 0.3) is 0 Å². The number of anilines is 1.